The Kier molecular flexibility index (Phi) is 7.84. The Bertz CT molecular complexity index is 1120. The molecule has 0 unspecified atom stereocenters. The predicted octanol–water partition coefficient (Wildman–Crippen LogP) is 5.41. The highest BCUT2D eigenvalue weighted by Crippen LogP contribution is 2.30. The zero-order valence-corrected chi connectivity index (χ0v) is 20.1. The van der Waals surface area contributed by atoms with E-state index in [9.17, 15) is 18.0 Å². The largest absolute Gasteiger partial charge is 0.416 e. The van der Waals surface area contributed by atoms with Gasteiger partial charge in [-0.25, -0.2) is 0 Å². The van der Waals surface area contributed by atoms with Gasteiger partial charge in [-0.05, 0) is 47.5 Å². The number of ether oxygens (including phenoxy) is 1. The number of aromatic nitrogens is 1. The molecule has 0 aliphatic carbocycles. The number of piperazine rings is 1. The van der Waals surface area contributed by atoms with Crippen molar-refractivity contribution in [2.75, 3.05) is 32.7 Å². The van der Waals surface area contributed by atoms with Crippen molar-refractivity contribution >= 4 is 17.5 Å². The van der Waals surface area contributed by atoms with Crippen molar-refractivity contribution in [1.82, 2.24) is 14.4 Å². The van der Waals surface area contributed by atoms with Gasteiger partial charge in [0.25, 0.3) is 5.91 Å². The fourth-order valence-corrected chi connectivity index (χ4v) is 4.26. The van der Waals surface area contributed by atoms with Crippen molar-refractivity contribution in [2.24, 2.45) is 7.05 Å². The average molecular weight is 506 g/mol. The minimum Gasteiger partial charge on any atom is -0.368 e. The van der Waals surface area contributed by atoms with Gasteiger partial charge in [0.2, 0.25) is 0 Å². The van der Waals surface area contributed by atoms with Crippen LogP contribution in [0.5, 0.6) is 0 Å². The molecule has 186 valence electrons. The lowest BCUT2D eigenvalue weighted by molar-refractivity contribution is -0.137. The summed E-state index contributed by atoms with van der Waals surface area (Å²) in [5, 5.41) is 0.614. The van der Waals surface area contributed by atoms with Gasteiger partial charge in [-0.1, -0.05) is 35.9 Å². The standard InChI is InChI=1S/C26H27ClF3N3O2/c1-31-12-2-3-23(31)25(34)33-15-13-32(14-16-33)17-24(20-6-10-22(27)11-7-20)35-18-19-4-8-21(9-5-19)26(28,29)30/h2-12,24H,13-18H2,1H3/t24-/m0/s1. The van der Waals surface area contributed by atoms with Gasteiger partial charge in [0.05, 0.1) is 18.3 Å². The van der Waals surface area contributed by atoms with Gasteiger partial charge in [-0.2, -0.15) is 13.2 Å². The van der Waals surface area contributed by atoms with Gasteiger partial charge in [0, 0.05) is 51.0 Å². The van der Waals surface area contributed by atoms with Gasteiger partial charge < -0.3 is 14.2 Å². The summed E-state index contributed by atoms with van der Waals surface area (Å²) in [6.45, 7) is 3.38. The molecule has 1 amide bonds. The first-order valence-corrected chi connectivity index (χ1v) is 11.7. The van der Waals surface area contributed by atoms with Crippen LogP contribution in [0.4, 0.5) is 13.2 Å². The minimum absolute atomic E-state index is 0.0185. The third-order valence-corrected chi connectivity index (χ3v) is 6.47. The summed E-state index contributed by atoms with van der Waals surface area (Å²) in [7, 11) is 1.86. The van der Waals surface area contributed by atoms with Gasteiger partial charge in [0.15, 0.2) is 0 Å². The second-order valence-corrected chi connectivity index (χ2v) is 9.08. The lowest BCUT2D eigenvalue weighted by atomic mass is 10.1. The molecular weight excluding hydrogens is 479 g/mol. The van der Waals surface area contributed by atoms with Crippen LogP contribution in [0.2, 0.25) is 5.02 Å². The molecule has 0 saturated carbocycles. The number of amides is 1. The number of rotatable bonds is 7. The number of hydrogen-bond donors (Lipinski definition) is 0. The van der Waals surface area contributed by atoms with Crippen molar-refractivity contribution in [2.45, 2.75) is 18.9 Å². The normalized spacial score (nSPS) is 15.9. The summed E-state index contributed by atoms with van der Waals surface area (Å²) < 4.78 is 46.6. The molecule has 9 heteroatoms. The van der Waals surface area contributed by atoms with E-state index >= 15 is 0 Å². The first kappa shape index (κ1) is 25.3. The molecule has 2 heterocycles. The van der Waals surface area contributed by atoms with E-state index in [4.69, 9.17) is 16.3 Å². The third-order valence-electron chi connectivity index (χ3n) is 6.22. The number of carbonyl (C=O) groups excluding carboxylic acids is 1. The summed E-state index contributed by atoms with van der Waals surface area (Å²) in [4.78, 5) is 16.9. The molecule has 0 spiro atoms. The number of aryl methyl sites for hydroxylation is 1. The molecule has 1 aliphatic heterocycles. The molecule has 3 aromatic rings. The quantitative estimate of drug-likeness (QED) is 0.431. The maximum absolute atomic E-state index is 12.9. The maximum Gasteiger partial charge on any atom is 0.416 e. The molecule has 4 rings (SSSR count). The van der Waals surface area contributed by atoms with E-state index in [1.54, 1.807) is 12.1 Å². The fraction of sp³-hybridized carbons (Fsp3) is 0.346. The predicted molar refractivity (Wildman–Crippen MR) is 128 cm³/mol. The maximum atomic E-state index is 12.9. The van der Waals surface area contributed by atoms with E-state index in [2.05, 4.69) is 4.90 Å². The van der Waals surface area contributed by atoms with E-state index in [0.29, 0.717) is 49.0 Å². The lowest BCUT2D eigenvalue weighted by Crippen LogP contribution is -2.50. The number of alkyl halides is 3. The number of hydrogen-bond acceptors (Lipinski definition) is 3. The Morgan fingerprint density at radius 2 is 1.66 bits per heavy atom. The van der Waals surface area contributed by atoms with Crippen molar-refractivity contribution in [1.29, 1.82) is 0 Å². The number of carbonyl (C=O) groups is 1. The third kappa shape index (κ3) is 6.45. The molecule has 1 fully saturated rings. The highest BCUT2D eigenvalue weighted by Gasteiger charge is 2.30. The average Bonchev–Trinajstić information content (AvgIpc) is 3.28. The monoisotopic (exact) mass is 505 g/mol. The Balaban J connectivity index is 1.39. The van der Waals surface area contributed by atoms with Crippen LogP contribution in [0, 0.1) is 0 Å². The highest BCUT2D eigenvalue weighted by molar-refractivity contribution is 6.30. The zero-order chi connectivity index (χ0) is 25.0. The summed E-state index contributed by atoms with van der Waals surface area (Å²) in [6, 6.07) is 16.1. The molecule has 2 aromatic carbocycles. The van der Waals surface area contributed by atoms with E-state index in [-0.39, 0.29) is 18.6 Å². The summed E-state index contributed by atoms with van der Waals surface area (Å²) in [6.07, 6.45) is -2.81. The molecular formula is C26H27ClF3N3O2. The van der Waals surface area contributed by atoms with Crippen LogP contribution in [0.3, 0.4) is 0 Å². The lowest BCUT2D eigenvalue weighted by Gasteiger charge is -2.36. The smallest absolute Gasteiger partial charge is 0.368 e. The summed E-state index contributed by atoms with van der Waals surface area (Å²) >= 11 is 6.05. The Morgan fingerprint density at radius 3 is 2.23 bits per heavy atom. The SMILES string of the molecule is Cn1cccc1C(=O)N1CCN(C[C@H](OCc2ccc(C(F)(F)F)cc2)c2ccc(Cl)cc2)CC1. The zero-order valence-electron chi connectivity index (χ0n) is 19.3. The van der Waals surface area contributed by atoms with Crippen molar-refractivity contribution in [3.05, 3.63) is 94.3 Å². The van der Waals surface area contributed by atoms with Crippen molar-refractivity contribution in [3.8, 4) is 0 Å². The molecule has 35 heavy (non-hydrogen) atoms. The molecule has 0 bridgehead atoms. The first-order chi connectivity index (χ1) is 16.7. The molecule has 1 aromatic heterocycles. The summed E-state index contributed by atoms with van der Waals surface area (Å²) in [5.74, 6) is 0.0185. The number of nitrogens with zero attached hydrogens (tertiary/aromatic N) is 3. The fourth-order valence-electron chi connectivity index (χ4n) is 4.13. The van der Waals surface area contributed by atoms with E-state index in [0.717, 1.165) is 17.7 Å². The van der Waals surface area contributed by atoms with Crippen LogP contribution in [0.25, 0.3) is 0 Å². The molecule has 0 N–H and O–H groups in total. The van der Waals surface area contributed by atoms with E-state index in [1.165, 1.54) is 12.1 Å². The van der Waals surface area contributed by atoms with Crippen LogP contribution in [-0.2, 0) is 24.6 Å². The van der Waals surface area contributed by atoms with Crippen LogP contribution in [0.1, 0.15) is 33.3 Å². The molecule has 1 saturated heterocycles. The number of benzene rings is 2. The van der Waals surface area contributed by atoms with Crippen LogP contribution < -0.4 is 0 Å². The Labute approximate surface area is 207 Å². The van der Waals surface area contributed by atoms with Gasteiger partial charge in [-0.3, -0.25) is 9.69 Å². The molecule has 5 nitrogen and oxygen atoms in total. The summed E-state index contributed by atoms with van der Waals surface area (Å²) in [5.41, 5.74) is 1.58. The second kappa shape index (κ2) is 10.8. The second-order valence-electron chi connectivity index (χ2n) is 8.64. The van der Waals surface area contributed by atoms with Crippen molar-refractivity contribution in [3.63, 3.8) is 0 Å². The Morgan fingerprint density at radius 1 is 1.00 bits per heavy atom. The minimum atomic E-state index is -4.37. The van der Waals surface area contributed by atoms with Crippen LogP contribution in [-0.4, -0.2) is 53.0 Å². The molecule has 0 radical (unpaired) electrons. The van der Waals surface area contributed by atoms with Crippen LogP contribution >= 0.6 is 11.6 Å². The molecule has 1 atom stereocenters. The highest BCUT2D eigenvalue weighted by atomic mass is 35.5. The Hall–Kier alpha value is -2.81. The van der Waals surface area contributed by atoms with Crippen LogP contribution in [0.15, 0.2) is 66.9 Å². The first-order valence-electron chi connectivity index (χ1n) is 11.4. The number of halogens is 4. The van der Waals surface area contributed by atoms with E-state index in [1.807, 2.05) is 47.0 Å². The molecule has 1 aliphatic rings. The topological polar surface area (TPSA) is 37.7 Å². The van der Waals surface area contributed by atoms with Crippen molar-refractivity contribution < 1.29 is 22.7 Å². The van der Waals surface area contributed by atoms with E-state index < -0.39 is 11.7 Å². The van der Waals surface area contributed by atoms with Gasteiger partial charge in [0.1, 0.15) is 5.69 Å². The van der Waals surface area contributed by atoms with Gasteiger partial charge in [-0.15, -0.1) is 0 Å². The van der Waals surface area contributed by atoms with Gasteiger partial charge >= 0.3 is 6.18 Å².